The van der Waals surface area contributed by atoms with Crippen molar-refractivity contribution in [2.24, 2.45) is 11.8 Å². The molecule has 0 spiro atoms. The van der Waals surface area contributed by atoms with Crippen molar-refractivity contribution in [2.45, 2.75) is 104 Å². The first-order chi connectivity index (χ1) is 14.9. The van der Waals surface area contributed by atoms with E-state index in [9.17, 15) is 14.4 Å². The number of esters is 1. The van der Waals surface area contributed by atoms with Crippen molar-refractivity contribution < 1.29 is 33.3 Å². The summed E-state index contributed by atoms with van der Waals surface area (Å²) >= 11 is 0. The number of rotatable bonds is 3. The fraction of sp³-hybridized carbons (Fsp3) is 0.720. The van der Waals surface area contributed by atoms with E-state index in [-0.39, 0.29) is 17.9 Å². The van der Waals surface area contributed by atoms with Crippen molar-refractivity contribution >= 4 is 18.2 Å². The van der Waals surface area contributed by atoms with Gasteiger partial charge in [0.1, 0.15) is 22.6 Å². The quantitative estimate of drug-likeness (QED) is 0.338. The predicted octanol–water partition coefficient (Wildman–Crippen LogP) is 5.41. The van der Waals surface area contributed by atoms with Crippen LogP contribution in [0.2, 0.25) is 0 Å². The number of hydrogen-bond donors (Lipinski definition) is 1. The van der Waals surface area contributed by atoms with Crippen molar-refractivity contribution in [3.63, 3.8) is 0 Å². The molecule has 0 bridgehead atoms. The van der Waals surface area contributed by atoms with Gasteiger partial charge in [0.05, 0.1) is 5.92 Å². The van der Waals surface area contributed by atoms with Gasteiger partial charge < -0.3 is 24.3 Å². The number of carbonyl (C=O) groups is 3. The third-order valence-electron chi connectivity index (χ3n) is 4.85. The molecule has 0 aromatic carbocycles. The zero-order chi connectivity index (χ0) is 25.2. The minimum absolute atomic E-state index is 0.276. The molecule has 0 aromatic rings. The third-order valence-corrected chi connectivity index (χ3v) is 4.85. The molecule has 8 heteroatoms. The lowest BCUT2D eigenvalue weighted by molar-refractivity contribution is -0.162. The maximum Gasteiger partial charge on any atom is 0.514 e. The molecule has 0 unspecified atom stereocenters. The number of nitrogens with one attached hydrogen (secondary N) is 1. The SMILES string of the molecule is CC(C)(C)OC(=O)N[C@@H]1CC2=CCC(OC(=O)OC(C)(C)C)=C[C@H]2[C@H](C(=O)OC(C)(C)C)C1. The Bertz CT molecular complexity index is 821. The molecule has 0 saturated heterocycles. The minimum atomic E-state index is -0.778. The van der Waals surface area contributed by atoms with Gasteiger partial charge in [0, 0.05) is 18.4 Å². The van der Waals surface area contributed by atoms with Crippen LogP contribution in [0.5, 0.6) is 0 Å². The van der Waals surface area contributed by atoms with Crippen molar-refractivity contribution in [2.75, 3.05) is 0 Å². The first-order valence-electron chi connectivity index (χ1n) is 11.4. The molecule has 1 fully saturated rings. The van der Waals surface area contributed by atoms with Crippen LogP contribution in [0, 0.1) is 11.8 Å². The molecule has 0 radical (unpaired) electrons. The van der Waals surface area contributed by atoms with Gasteiger partial charge in [-0.2, -0.15) is 0 Å². The number of hydrogen-bond acceptors (Lipinski definition) is 7. The Morgan fingerprint density at radius 1 is 0.879 bits per heavy atom. The first-order valence-corrected chi connectivity index (χ1v) is 11.4. The van der Waals surface area contributed by atoms with E-state index >= 15 is 0 Å². The van der Waals surface area contributed by atoms with Gasteiger partial charge in [-0.15, -0.1) is 0 Å². The van der Waals surface area contributed by atoms with Crippen LogP contribution < -0.4 is 5.32 Å². The molecular formula is C25H39NO7. The lowest BCUT2D eigenvalue weighted by Crippen LogP contribution is -2.46. The summed E-state index contributed by atoms with van der Waals surface area (Å²) in [5.74, 6) is -0.751. The lowest BCUT2D eigenvalue weighted by atomic mass is 9.71. The predicted molar refractivity (Wildman–Crippen MR) is 123 cm³/mol. The molecule has 2 aliphatic rings. The molecule has 1 amide bonds. The van der Waals surface area contributed by atoms with Gasteiger partial charge in [-0.3, -0.25) is 4.79 Å². The molecule has 1 saturated carbocycles. The average Bonchev–Trinajstić information content (AvgIpc) is 2.56. The molecule has 0 aromatic heterocycles. The smallest absolute Gasteiger partial charge is 0.460 e. The average molecular weight is 466 g/mol. The van der Waals surface area contributed by atoms with E-state index in [1.807, 2.05) is 26.8 Å². The molecule has 186 valence electrons. The summed E-state index contributed by atoms with van der Waals surface area (Å²) < 4.78 is 21.7. The fourth-order valence-electron chi connectivity index (χ4n) is 3.82. The second-order valence-corrected chi connectivity index (χ2v) is 11.6. The Labute approximate surface area is 197 Å². The van der Waals surface area contributed by atoms with Gasteiger partial charge in [-0.1, -0.05) is 11.6 Å². The summed E-state index contributed by atoms with van der Waals surface area (Å²) in [4.78, 5) is 37.5. The number of alkyl carbamates (subject to hydrolysis) is 1. The summed E-state index contributed by atoms with van der Waals surface area (Å²) in [7, 11) is 0. The van der Waals surface area contributed by atoms with E-state index in [0.717, 1.165) is 5.57 Å². The molecule has 2 aliphatic carbocycles. The Balaban J connectivity index is 2.20. The van der Waals surface area contributed by atoms with Crippen LogP contribution in [0.25, 0.3) is 0 Å². The Hall–Kier alpha value is -2.51. The third kappa shape index (κ3) is 9.10. The van der Waals surface area contributed by atoms with Gasteiger partial charge in [0.15, 0.2) is 0 Å². The second-order valence-electron chi connectivity index (χ2n) is 11.6. The summed E-state index contributed by atoms with van der Waals surface area (Å²) in [5, 5.41) is 2.89. The second kappa shape index (κ2) is 9.77. The molecule has 8 nitrogen and oxygen atoms in total. The normalized spacial score (nSPS) is 23.4. The van der Waals surface area contributed by atoms with Gasteiger partial charge in [0.25, 0.3) is 0 Å². The van der Waals surface area contributed by atoms with E-state index in [1.165, 1.54) is 0 Å². The van der Waals surface area contributed by atoms with Crippen molar-refractivity contribution in [1.82, 2.24) is 5.32 Å². The van der Waals surface area contributed by atoms with Crippen molar-refractivity contribution in [3.05, 3.63) is 23.5 Å². The van der Waals surface area contributed by atoms with Gasteiger partial charge in [-0.25, -0.2) is 9.59 Å². The number of carbonyl (C=O) groups excluding carboxylic acids is 3. The number of ether oxygens (including phenoxy) is 4. The van der Waals surface area contributed by atoms with Gasteiger partial charge in [0.2, 0.25) is 0 Å². The van der Waals surface area contributed by atoms with Crippen LogP contribution in [0.1, 0.15) is 81.6 Å². The Morgan fingerprint density at radius 3 is 2.00 bits per heavy atom. The standard InChI is InChI=1S/C25H39NO7/c1-23(2,3)31-20(27)19-13-16(26-21(28)32-24(4,5)6)12-15-10-11-17(14-18(15)19)30-22(29)33-25(7,8)9/h10,14,16,18-19H,11-13H2,1-9H3,(H,26,28)/t16-,18-,19-/m1/s1. The van der Waals surface area contributed by atoms with Crippen LogP contribution >= 0.6 is 0 Å². The highest BCUT2D eigenvalue weighted by atomic mass is 16.7. The lowest BCUT2D eigenvalue weighted by Gasteiger charge is -2.39. The molecule has 3 atom stereocenters. The highest BCUT2D eigenvalue weighted by Crippen LogP contribution is 2.41. The summed E-state index contributed by atoms with van der Waals surface area (Å²) in [5.41, 5.74) is -0.944. The van der Waals surface area contributed by atoms with E-state index < -0.39 is 35.0 Å². The number of allylic oxidation sites excluding steroid dienone is 2. The fourth-order valence-corrected chi connectivity index (χ4v) is 3.82. The maximum absolute atomic E-state index is 13.1. The molecule has 33 heavy (non-hydrogen) atoms. The number of fused-ring (bicyclic) bond motifs is 1. The topological polar surface area (TPSA) is 100 Å². The van der Waals surface area contributed by atoms with Crippen LogP contribution in [-0.4, -0.2) is 41.1 Å². The van der Waals surface area contributed by atoms with Gasteiger partial charge >= 0.3 is 18.2 Å². The molecule has 0 heterocycles. The van der Waals surface area contributed by atoms with E-state index in [0.29, 0.717) is 25.0 Å². The zero-order valence-corrected chi connectivity index (χ0v) is 21.4. The Kier molecular flexibility index (Phi) is 7.92. The van der Waals surface area contributed by atoms with Crippen LogP contribution in [0.15, 0.2) is 23.5 Å². The highest BCUT2D eigenvalue weighted by Gasteiger charge is 2.41. The van der Waals surface area contributed by atoms with Crippen molar-refractivity contribution in [3.8, 4) is 0 Å². The highest BCUT2D eigenvalue weighted by molar-refractivity contribution is 5.75. The summed E-state index contributed by atoms with van der Waals surface area (Å²) in [6.45, 7) is 16.1. The number of amides is 1. The summed E-state index contributed by atoms with van der Waals surface area (Å²) in [6.07, 6.45) is 3.80. The zero-order valence-electron chi connectivity index (χ0n) is 21.4. The van der Waals surface area contributed by atoms with E-state index in [4.69, 9.17) is 18.9 Å². The Morgan fingerprint density at radius 2 is 1.45 bits per heavy atom. The first kappa shape index (κ1) is 26.7. The molecule has 0 aliphatic heterocycles. The van der Waals surface area contributed by atoms with E-state index in [1.54, 1.807) is 47.6 Å². The summed E-state index contributed by atoms with van der Waals surface area (Å²) in [6, 6.07) is -0.276. The monoisotopic (exact) mass is 465 g/mol. The van der Waals surface area contributed by atoms with E-state index in [2.05, 4.69) is 5.32 Å². The van der Waals surface area contributed by atoms with Crippen LogP contribution in [0.3, 0.4) is 0 Å². The largest absolute Gasteiger partial charge is 0.514 e. The molecule has 2 rings (SSSR count). The van der Waals surface area contributed by atoms with Crippen molar-refractivity contribution in [1.29, 1.82) is 0 Å². The molecule has 1 N–H and O–H groups in total. The maximum atomic E-state index is 13.1. The van der Waals surface area contributed by atoms with Crippen LogP contribution in [-0.2, 0) is 23.7 Å². The molecular weight excluding hydrogens is 426 g/mol. The van der Waals surface area contributed by atoms with Crippen LogP contribution in [0.4, 0.5) is 9.59 Å². The van der Waals surface area contributed by atoms with Gasteiger partial charge in [-0.05, 0) is 81.2 Å². The minimum Gasteiger partial charge on any atom is -0.460 e.